The zero-order valence-electron chi connectivity index (χ0n) is 13.0. The SMILES string of the molecule is COC(=O)/C(C/C=C/c1ccccc1)=C1\OCc2ccccc21. The predicted octanol–water partition coefficient (Wildman–Crippen LogP) is 4.20. The van der Waals surface area contributed by atoms with E-state index in [9.17, 15) is 4.79 Å². The normalized spacial score (nSPS) is 15.2. The van der Waals surface area contributed by atoms with Gasteiger partial charge in [0.2, 0.25) is 0 Å². The molecule has 0 aromatic heterocycles. The second kappa shape index (κ2) is 6.97. The molecule has 116 valence electrons. The number of hydrogen-bond acceptors (Lipinski definition) is 3. The van der Waals surface area contributed by atoms with Gasteiger partial charge in [-0.25, -0.2) is 4.79 Å². The van der Waals surface area contributed by atoms with Crippen LogP contribution < -0.4 is 0 Å². The van der Waals surface area contributed by atoms with Crippen molar-refractivity contribution in [1.29, 1.82) is 0 Å². The van der Waals surface area contributed by atoms with Crippen molar-refractivity contribution in [1.82, 2.24) is 0 Å². The number of ether oxygens (including phenoxy) is 2. The van der Waals surface area contributed by atoms with E-state index in [1.807, 2.05) is 66.7 Å². The number of esters is 1. The maximum absolute atomic E-state index is 12.2. The Bertz CT molecular complexity index is 757. The molecular weight excluding hydrogens is 288 g/mol. The van der Waals surface area contributed by atoms with Crippen molar-refractivity contribution in [2.24, 2.45) is 0 Å². The molecule has 0 unspecified atom stereocenters. The third-order valence-electron chi connectivity index (χ3n) is 3.77. The van der Waals surface area contributed by atoms with Gasteiger partial charge in [0.25, 0.3) is 0 Å². The van der Waals surface area contributed by atoms with E-state index in [-0.39, 0.29) is 5.97 Å². The molecule has 0 saturated carbocycles. The number of carbonyl (C=O) groups is 1. The molecule has 0 N–H and O–H groups in total. The lowest BCUT2D eigenvalue weighted by Crippen LogP contribution is -2.07. The van der Waals surface area contributed by atoms with Crippen LogP contribution in [-0.4, -0.2) is 13.1 Å². The Labute approximate surface area is 135 Å². The Morgan fingerprint density at radius 1 is 1.13 bits per heavy atom. The van der Waals surface area contributed by atoms with Crippen LogP contribution in [0.1, 0.15) is 23.1 Å². The van der Waals surface area contributed by atoms with Crippen LogP contribution in [0.3, 0.4) is 0 Å². The van der Waals surface area contributed by atoms with Crippen LogP contribution in [0.15, 0.2) is 66.2 Å². The fourth-order valence-electron chi connectivity index (χ4n) is 2.61. The molecule has 3 nitrogen and oxygen atoms in total. The van der Waals surface area contributed by atoms with Crippen LogP contribution >= 0.6 is 0 Å². The zero-order chi connectivity index (χ0) is 16.1. The zero-order valence-corrected chi connectivity index (χ0v) is 13.0. The first kappa shape index (κ1) is 15.1. The van der Waals surface area contributed by atoms with Gasteiger partial charge in [-0.2, -0.15) is 0 Å². The summed E-state index contributed by atoms with van der Waals surface area (Å²) in [6.45, 7) is 0.494. The highest BCUT2D eigenvalue weighted by atomic mass is 16.5. The van der Waals surface area contributed by atoms with Crippen LogP contribution in [0, 0.1) is 0 Å². The predicted molar refractivity (Wildman–Crippen MR) is 90.3 cm³/mol. The summed E-state index contributed by atoms with van der Waals surface area (Å²) in [4.78, 5) is 12.2. The molecular formula is C20H18O3. The lowest BCUT2D eigenvalue weighted by atomic mass is 10.0. The minimum absolute atomic E-state index is 0.352. The maximum atomic E-state index is 12.2. The van der Waals surface area contributed by atoms with Gasteiger partial charge in [-0.3, -0.25) is 0 Å². The first-order valence-electron chi connectivity index (χ1n) is 7.53. The summed E-state index contributed by atoms with van der Waals surface area (Å²) in [6, 6.07) is 17.9. The summed E-state index contributed by atoms with van der Waals surface area (Å²) in [5.41, 5.74) is 3.70. The Hall–Kier alpha value is -2.81. The molecule has 2 aromatic rings. The highest BCUT2D eigenvalue weighted by Crippen LogP contribution is 2.33. The van der Waals surface area contributed by atoms with E-state index in [0.717, 1.165) is 16.7 Å². The molecule has 0 bridgehead atoms. The molecule has 0 radical (unpaired) electrons. The van der Waals surface area contributed by atoms with E-state index >= 15 is 0 Å². The molecule has 0 atom stereocenters. The monoisotopic (exact) mass is 306 g/mol. The van der Waals surface area contributed by atoms with Crippen molar-refractivity contribution in [3.63, 3.8) is 0 Å². The number of carbonyl (C=O) groups excluding carboxylic acids is 1. The van der Waals surface area contributed by atoms with Gasteiger partial charge in [0.05, 0.1) is 12.7 Å². The largest absolute Gasteiger partial charge is 0.488 e. The summed E-state index contributed by atoms with van der Waals surface area (Å²) in [7, 11) is 1.39. The van der Waals surface area contributed by atoms with Crippen LogP contribution in [-0.2, 0) is 20.9 Å². The van der Waals surface area contributed by atoms with Crippen molar-refractivity contribution in [3.8, 4) is 0 Å². The molecule has 0 amide bonds. The molecule has 0 saturated heterocycles. The number of allylic oxidation sites excluding steroid dienone is 1. The molecule has 2 aromatic carbocycles. The van der Waals surface area contributed by atoms with E-state index in [2.05, 4.69) is 0 Å². The Balaban J connectivity index is 1.89. The van der Waals surface area contributed by atoms with Gasteiger partial charge < -0.3 is 9.47 Å². The number of benzene rings is 2. The molecule has 0 fully saturated rings. The summed E-state index contributed by atoms with van der Waals surface area (Å²) in [5, 5.41) is 0. The first-order valence-corrected chi connectivity index (χ1v) is 7.53. The van der Waals surface area contributed by atoms with Gasteiger partial charge in [0.15, 0.2) is 0 Å². The van der Waals surface area contributed by atoms with Crippen LogP contribution in [0.5, 0.6) is 0 Å². The fourth-order valence-corrected chi connectivity index (χ4v) is 2.61. The highest BCUT2D eigenvalue weighted by molar-refractivity contribution is 5.97. The smallest absolute Gasteiger partial charge is 0.337 e. The molecule has 1 aliphatic rings. The minimum Gasteiger partial charge on any atom is -0.488 e. The standard InChI is InChI=1S/C20H18O3/c1-22-20(21)18(13-7-10-15-8-3-2-4-9-15)19-17-12-6-5-11-16(17)14-23-19/h2-12H,13-14H2,1H3/b10-7+,19-18-. The van der Waals surface area contributed by atoms with Gasteiger partial charge in [0.1, 0.15) is 12.4 Å². The third-order valence-corrected chi connectivity index (χ3v) is 3.77. The number of fused-ring (bicyclic) bond motifs is 1. The molecule has 3 heteroatoms. The van der Waals surface area contributed by atoms with Gasteiger partial charge in [-0.1, -0.05) is 66.7 Å². The lowest BCUT2D eigenvalue weighted by molar-refractivity contribution is -0.136. The lowest BCUT2D eigenvalue weighted by Gasteiger charge is -2.08. The second-order valence-electron chi connectivity index (χ2n) is 5.26. The topological polar surface area (TPSA) is 35.5 Å². The fraction of sp³-hybridized carbons (Fsp3) is 0.150. The minimum atomic E-state index is -0.352. The number of methoxy groups -OCH3 is 1. The molecule has 0 spiro atoms. The quantitative estimate of drug-likeness (QED) is 0.627. The molecule has 0 aliphatic carbocycles. The van der Waals surface area contributed by atoms with Gasteiger partial charge in [-0.15, -0.1) is 0 Å². The molecule has 1 aliphatic heterocycles. The Morgan fingerprint density at radius 2 is 1.87 bits per heavy atom. The highest BCUT2D eigenvalue weighted by Gasteiger charge is 2.24. The van der Waals surface area contributed by atoms with Gasteiger partial charge in [0, 0.05) is 17.5 Å². The summed E-state index contributed by atoms with van der Waals surface area (Å²) in [6.07, 6.45) is 4.41. The van der Waals surface area contributed by atoms with E-state index in [1.165, 1.54) is 7.11 Å². The first-order chi connectivity index (χ1) is 11.3. The van der Waals surface area contributed by atoms with Gasteiger partial charge >= 0.3 is 5.97 Å². The second-order valence-corrected chi connectivity index (χ2v) is 5.26. The van der Waals surface area contributed by atoms with E-state index in [4.69, 9.17) is 9.47 Å². The van der Waals surface area contributed by atoms with E-state index < -0.39 is 0 Å². The van der Waals surface area contributed by atoms with E-state index in [1.54, 1.807) is 0 Å². The number of hydrogen-bond donors (Lipinski definition) is 0. The molecule has 1 heterocycles. The van der Waals surface area contributed by atoms with Gasteiger partial charge in [-0.05, 0) is 5.56 Å². The van der Waals surface area contributed by atoms with E-state index in [0.29, 0.717) is 24.4 Å². The molecule has 3 rings (SSSR count). The van der Waals surface area contributed by atoms with Crippen molar-refractivity contribution in [2.45, 2.75) is 13.0 Å². The van der Waals surface area contributed by atoms with Crippen molar-refractivity contribution in [2.75, 3.05) is 7.11 Å². The Kier molecular flexibility index (Phi) is 4.57. The molecule has 23 heavy (non-hydrogen) atoms. The number of rotatable bonds is 4. The summed E-state index contributed by atoms with van der Waals surface area (Å²) in [5.74, 6) is 0.277. The van der Waals surface area contributed by atoms with Crippen molar-refractivity contribution >= 4 is 17.8 Å². The summed E-state index contributed by atoms with van der Waals surface area (Å²) < 4.78 is 10.7. The third kappa shape index (κ3) is 3.34. The van der Waals surface area contributed by atoms with Crippen LogP contribution in [0.4, 0.5) is 0 Å². The van der Waals surface area contributed by atoms with Crippen molar-refractivity contribution in [3.05, 3.63) is 82.9 Å². The average molecular weight is 306 g/mol. The average Bonchev–Trinajstić information content (AvgIpc) is 3.03. The summed E-state index contributed by atoms with van der Waals surface area (Å²) >= 11 is 0. The van der Waals surface area contributed by atoms with Crippen molar-refractivity contribution < 1.29 is 14.3 Å². The van der Waals surface area contributed by atoms with Crippen LogP contribution in [0.25, 0.3) is 11.8 Å². The Morgan fingerprint density at radius 3 is 2.65 bits per heavy atom. The maximum Gasteiger partial charge on any atom is 0.337 e. The van der Waals surface area contributed by atoms with Crippen LogP contribution in [0.2, 0.25) is 0 Å².